The molecule has 1 amide bonds. The highest BCUT2D eigenvalue weighted by Crippen LogP contribution is 2.17. The van der Waals surface area contributed by atoms with Gasteiger partial charge in [0.05, 0.1) is 0 Å². The SMILES string of the molecule is CN(CCCCCO)C(=O)CCc1ccccc1O. The molecule has 0 saturated heterocycles. The number of unbranched alkanes of at least 4 members (excludes halogenated alkanes) is 2. The van der Waals surface area contributed by atoms with Crippen molar-refractivity contribution in [3.8, 4) is 5.75 Å². The first-order valence-electron chi connectivity index (χ1n) is 6.77. The van der Waals surface area contributed by atoms with Crippen LogP contribution < -0.4 is 0 Å². The van der Waals surface area contributed by atoms with E-state index in [2.05, 4.69) is 0 Å². The summed E-state index contributed by atoms with van der Waals surface area (Å²) in [5, 5.41) is 18.3. The van der Waals surface area contributed by atoms with Crippen LogP contribution in [0.1, 0.15) is 31.2 Å². The standard InChI is InChI=1S/C15H23NO3/c1-16(11-5-2-6-12-17)15(19)10-9-13-7-3-4-8-14(13)18/h3-4,7-8,17-18H,2,5-6,9-12H2,1H3. The Morgan fingerprint density at radius 3 is 2.63 bits per heavy atom. The van der Waals surface area contributed by atoms with Gasteiger partial charge in [-0.1, -0.05) is 18.2 Å². The third kappa shape index (κ3) is 5.75. The molecule has 0 bridgehead atoms. The highest BCUT2D eigenvalue weighted by molar-refractivity contribution is 5.76. The lowest BCUT2D eigenvalue weighted by atomic mass is 10.1. The number of para-hydroxylation sites is 1. The van der Waals surface area contributed by atoms with Crippen LogP contribution in [0.2, 0.25) is 0 Å². The predicted molar refractivity (Wildman–Crippen MR) is 75.0 cm³/mol. The summed E-state index contributed by atoms with van der Waals surface area (Å²) in [6.45, 7) is 0.935. The third-order valence-corrected chi connectivity index (χ3v) is 3.18. The molecule has 0 aliphatic heterocycles. The highest BCUT2D eigenvalue weighted by atomic mass is 16.3. The molecule has 106 valence electrons. The smallest absolute Gasteiger partial charge is 0.222 e. The zero-order valence-electron chi connectivity index (χ0n) is 11.5. The number of aromatic hydroxyl groups is 1. The van der Waals surface area contributed by atoms with Gasteiger partial charge in [0.2, 0.25) is 5.91 Å². The molecular weight excluding hydrogens is 242 g/mol. The largest absolute Gasteiger partial charge is 0.508 e. The van der Waals surface area contributed by atoms with Crippen molar-refractivity contribution in [3.05, 3.63) is 29.8 Å². The lowest BCUT2D eigenvalue weighted by molar-refractivity contribution is -0.129. The molecule has 0 fully saturated rings. The molecule has 0 atom stereocenters. The van der Waals surface area contributed by atoms with E-state index < -0.39 is 0 Å². The summed E-state index contributed by atoms with van der Waals surface area (Å²) in [5.41, 5.74) is 0.810. The Morgan fingerprint density at radius 2 is 1.95 bits per heavy atom. The van der Waals surface area contributed by atoms with Gasteiger partial charge in [0, 0.05) is 26.6 Å². The Hall–Kier alpha value is -1.55. The Labute approximate surface area is 114 Å². The number of aliphatic hydroxyl groups is 1. The van der Waals surface area contributed by atoms with E-state index in [9.17, 15) is 9.90 Å². The Bertz CT molecular complexity index is 393. The van der Waals surface area contributed by atoms with E-state index in [4.69, 9.17) is 5.11 Å². The Kier molecular flexibility index (Phi) is 6.97. The number of carbonyl (C=O) groups is 1. The van der Waals surface area contributed by atoms with Gasteiger partial charge in [-0.2, -0.15) is 0 Å². The van der Waals surface area contributed by atoms with Crippen molar-refractivity contribution >= 4 is 5.91 Å². The van der Waals surface area contributed by atoms with Crippen molar-refractivity contribution in [2.24, 2.45) is 0 Å². The fourth-order valence-corrected chi connectivity index (χ4v) is 1.92. The fourth-order valence-electron chi connectivity index (χ4n) is 1.92. The number of amides is 1. The van der Waals surface area contributed by atoms with Gasteiger partial charge in [-0.25, -0.2) is 0 Å². The van der Waals surface area contributed by atoms with E-state index in [1.54, 1.807) is 24.1 Å². The van der Waals surface area contributed by atoms with Crippen LogP contribution in [-0.4, -0.2) is 41.2 Å². The van der Waals surface area contributed by atoms with Crippen LogP contribution in [0.4, 0.5) is 0 Å². The zero-order chi connectivity index (χ0) is 14.1. The molecule has 0 aliphatic carbocycles. The molecule has 1 aromatic carbocycles. The number of phenols is 1. The minimum absolute atomic E-state index is 0.0900. The number of rotatable bonds is 8. The normalized spacial score (nSPS) is 10.4. The quantitative estimate of drug-likeness (QED) is 0.706. The lowest BCUT2D eigenvalue weighted by Crippen LogP contribution is -2.27. The first-order chi connectivity index (χ1) is 9.15. The molecule has 0 saturated carbocycles. The maximum absolute atomic E-state index is 11.9. The second kappa shape index (κ2) is 8.53. The molecule has 0 unspecified atom stereocenters. The number of hydrogen-bond acceptors (Lipinski definition) is 3. The van der Waals surface area contributed by atoms with Crippen molar-refractivity contribution in [3.63, 3.8) is 0 Å². The number of nitrogens with zero attached hydrogens (tertiary/aromatic N) is 1. The summed E-state index contributed by atoms with van der Waals surface area (Å²) >= 11 is 0. The van der Waals surface area contributed by atoms with Gasteiger partial charge in [-0.05, 0) is 37.3 Å². The number of benzene rings is 1. The molecule has 1 rings (SSSR count). The van der Waals surface area contributed by atoms with Crippen molar-refractivity contribution in [1.29, 1.82) is 0 Å². The van der Waals surface area contributed by atoms with Crippen LogP contribution >= 0.6 is 0 Å². The first-order valence-corrected chi connectivity index (χ1v) is 6.77. The van der Waals surface area contributed by atoms with Gasteiger partial charge in [0.15, 0.2) is 0 Å². The minimum Gasteiger partial charge on any atom is -0.508 e. The number of aryl methyl sites for hydroxylation is 1. The average molecular weight is 265 g/mol. The van der Waals surface area contributed by atoms with Crippen molar-refractivity contribution in [1.82, 2.24) is 4.90 Å². The topological polar surface area (TPSA) is 60.8 Å². The van der Waals surface area contributed by atoms with Gasteiger partial charge in [0.1, 0.15) is 5.75 Å². The van der Waals surface area contributed by atoms with Gasteiger partial charge >= 0.3 is 0 Å². The molecule has 4 nitrogen and oxygen atoms in total. The van der Waals surface area contributed by atoms with Crippen LogP contribution in [0.15, 0.2) is 24.3 Å². The summed E-state index contributed by atoms with van der Waals surface area (Å²) < 4.78 is 0. The van der Waals surface area contributed by atoms with Gasteiger partial charge in [-0.15, -0.1) is 0 Å². The van der Waals surface area contributed by atoms with E-state index >= 15 is 0 Å². The number of carbonyl (C=O) groups excluding carboxylic acids is 1. The summed E-state index contributed by atoms with van der Waals surface area (Å²) in [6.07, 6.45) is 3.62. The van der Waals surface area contributed by atoms with Crippen LogP contribution in [0.5, 0.6) is 5.75 Å². The molecule has 2 N–H and O–H groups in total. The van der Waals surface area contributed by atoms with Crippen LogP contribution in [-0.2, 0) is 11.2 Å². The third-order valence-electron chi connectivity index (χ3n) is 3.18. The second-order valence-corrected chi connectivity index (χ2v) is 4.73. The molecule has 19 heavy (non-hydrogen) atoms. The first kappa shape index (κ1) is 15.5. The van der Waals surface area contributed by atoms with E-state index in [-0.39, 0.29) is 18.3 Å². The maximum Gasteiger partial charge on any atom is 0.222 e. The molecule has 0 spiro atoms. The van der Waals surface area contributed by atoms with E-state index in [0.29, 0.717) is 12.8 Å². The molecule has 0 radical (unpaired) electrons. The van der Waals surface area contributed by atoms with Gasteiger partial charge in [-0.3, -0.25) is 4.79 Å². The van der Waals surface area contributed by atoms with Crippen molar-refractivity contribution in [2.45, 2.75) is 32.1 Å². The monoisotopic (exact) mass is 265 g/mol. The van der Waals surface area contributed by atoms with E-state index in [1.165, 1.54) is 0 Å². The molecular formula is C15H23NO3. The van der Waals surface area contributed by atoms with E-state index in [0.717, 1.165) is 31.4 Å². The molecule has 0 aliphatic rings. The van der Waals surface area contributed by atoms with Crippen molar-refractivity contribution < 1.29 is 15.0 Å². The Morgan fingerprint density at radius 1 is 1.21 bits per heavy atom. The molecule has 0 heterocycles. The van der Waals surface area contributed by atoms with Crippen LogP contribution in [0.25, 0.3) is 0 Å². The average Bonchev–Trinajstić information content (AvgIpc) is 2.42. The number of phenolic OH excluding ortho intramolecular Hbond substituents is 1. The molecule has 4 heteroatoms. The zero-order valence-corrected chi connectivity index (χ0v) is 11.5. The number of aliphatic hydroxyl groups excluding tert-OH is 1. The maximum atomic E-state index is 11.9. The predicted octanol–water partition coefficient (Wildman–Crippen LogP) is 1.95. The summed E-state index contributed by atoms with van der Waals surface area (Å²) in [4.78, 5) is 13.6. The Balaban J connectivity index is 2.28. The molecule has 1 aromatic rings. The van der Waals surface area contributed by atoms with Gasteiger partial charge in [0.25, 0.3) is 0 Å². The van der Waals surface area contributed by atoms with Crippen LogP contribution in [0.3, 0.4) is 0 Å². The summed E-state index contributed by atoms with van der Waals surface area (Å²) in [7, 11) is 1.80. The molecule has 0 aromatic heterocycles. The van der Waals surface area contributed by atoms with Gasteiger partial charge < -0.3 is 15.1 Å². The summed E-state index contributed by atoms with van der Waals surface area (Å²) in [5.74, 6) is 0.341. The van der Waals surface area contributed by atoms with Crippen molar-refractivity contribution in [2.75, 3.05) is 20.2 Å². The second-order valence-electron chi connectivity index (χ2n) is 4.73. The lowest BCUT2D eigenvalue weighted by Gasteiger charge is -2.17. The van der Waals surface area contributed by atoms with Crippen LogP contribution in [0, 0.1) is 0 Å². The van der Waals surface area contributed by atoms with E-state index in [1.807, 2.05) is 12.1 Å². The summed E-state index contributed by atoms with van der Waals surface area (Å²) in [6, 6.07) is 7.11. The highest BCUT2D eigenvalue weighted by Gasteiger charge is 2.09. The number of hydrogen-bond donors (Lipinski definition) is 2. The minimum atomic E-state index is 0.0900. The fraction of sp³-hybridized carbons (Fsp3) is 0.533.